The lowest BCUT2D eigenvalue weighted by Gasteiger charge is -2.16. The molecule has 0 saturated carbocycles. The zero-order chi connectivity index (χ0) is 19.0. The minimum absolute atomic E-state index is 0.503. The van der Waals surface area contributed by atoms with Crippen molar-refractivity contribution in [1.29, 1.82) is 0 Å². The van der Waals surface area contributed by atoms with Crippen LogP contribution in [0.15, 0.2) is 66.7 Å². The van der Waals surface area contributed by atoms with E-state index < -0.39 is 6.16 Å². The van der Waals surface area contributed by atoms with E-state index in [1.165, 1.54) is 7.11 Å². The summed E-state index contributed by atoms with van der Waals surface area (Å²) in [7, 11) is 1.31. The summed E-state index contributed by atoms with van der Waals surface area (Å²) in [5.41, 5.74) is 3.09. The highest BCUT2D eigenvalue weighted by atomic mass is 35.5. The molecular formula is C23H17ClO3. The highest BCUT2D eigenvalue weighted by molar-refractivity contribution is 6.30. The van der Waals surface area contributed by atoms with Crippen molar-refractivity contribution in [2.24, 2.45) is 0 Å². The lowest BCUT2D eigenvalue weighted by Crippen LogP contribution is -2.08. The van der Waals surface area contributed by atoms with Crippen molar-refractivity contribution in [1.82, 2.24) is 0 Å². The quantitative estimate of drug-likeness (QED) is 0.220. The SMILES string of the molecule is COC(=O)Oc1c2ccccc2cc2ccc(C)c(-c3ccc(Cl)cc3)c12. The zero-order valence-corrected chi connectivity index (χ0v) is 15.7. The Labute approximate surface area is 162 Å². The van der Waals surface area contributed by atoms with Crippen molar-refractivity contribution in [2.45, 2.75) is 6.92 Å². The summed E-state index contributed by atoms with van der Waals surface area (Å²) in [5, 5.41) is 4.39. The van der Waals surface area contributed by atoms with Gasteiger partial charge >= 0.3 is 6.16 Å². The third kappa shape index (κ3) is 3.11. The fourth-order valence-corrected chi connectivity index (χ4v) is 3.57. The average Bonchev–Trinajstić information content (AvgIpc) is 2.69. The summed E-state index contributed by atoms with van der Waals surface area (Å²) in [6.45, 7) is 2.04. The monoisotopic (exact) mass is 376 g/mol. The molecular weight excluding hydrogens is 360 g/mol. The molecule has 3 nitrogen and oxygen atoms in total. The maximum Gasteiger partial charge on any atom is 0.513 e. The molecule has 0 amide bonds. The molecule has 0 heterocycles. The summed E-state index contributed by atoms with van der Waals surface area (Å²) in [4.78, 5) is 12.0. The van der Waals surface area contributed by atoms with Gasteiger partial charge in [0.05, 0.1) is 7.11 Å². The molecule has 4 rings (SSSR count). The first-order valence-electron chi connectivity index (χ1n) is 8.55. The van der Waals surface area contributed by atoms with Gasteiger partial charge in [0, 0.05) is 15.8 Å². The molecule has 0 spiro atoms. The molecule has 27 heavy (non-hydrogen) atoms. The van der Waals surface area contributed by atoms with E-state index in [0.717, 1.165) is 38.2 Å². The predicted octanol–water partition coefficient (Wildman–Crippen LogP) is 6.77. The van der Waals surface area contributed by atoms with E-state index >= 15 is 0 Å². The number of rotatable bonds is 2. The number of benzene rings is 4. The van der Waals surface area contributed by atoms with Gasteiger partial charge in [-0.15, -0.1) is 0 Å². The molecule has 134 valence electrons. The molecule has 0 atom stereocenters. The highest BCUT2D eigenvalue weighted by Crippen LogP contribution is 2.42. The molecule has 0 fully saturated rings. The summed E-state index contributed by atoms with van der Waals surface area (Å²) in [6, 6.07) is 21.7. The molecule has 0 aliphatic rings. The first-order chi connectivity index (χ1) is 13.1. The molecule has 0 bridgehead atoms. The normalized spacial score (nSPS) is 10.9. The number of carbonyl (C=O) groups excluding carboxylic acids is 1. The Bertz CT molecular complexity index is 1160. The number of carbonyl (C=O) groups is 1. The Morgan fingerprint density at radius 3 is 2.41 bits per heavy atom. The average molecular weight is 377 g/mol. The maximum atomic E-state index is 12.0. The number of ether oxygens (including phenoxy) is 2. The molecule has 0 aliphatic heterocycles. The van der Waals surface area contributed by atoms with Crippen LogP contribution in [0.1, 0.15) is 5.56 Å². The van der Waals surface area contributed by atoms with E-state index in [9.17, 15) is 4.79 Å². The smallest absolute Gasteiger partial charge is 0.437 e. The molecule has 0 aromatic heterocycles. The zero-order valence-electron chi connectivity index (χ0n) is 15.0. The fraction of sp³-hybridized carbons (Fsp3) is 0.0870. The van der Waals surface area contributed by atoms with Crippen LogP contribution in [0.3, 0.4) is 0 Å². The molecule has 0 unspecified atom stereocenters. The molecule has 0 aliphatic carbocycles. The van der Waals surface area contributed by atoms with Gasteiger partial charge in [0.1, 0.15) is 0 Å². The van der Waals surface area contributed by atoms with Crippen LogP contribution in [-0.2, 0) is 4.74 Å². The summed E-state index contributed by atoms with van der Waals surface area (Å²) in [5.74, 6) is 0.503. The number of halogens is 1. The van der Waals surface area contributed by atoms with Crippen LogP contribution in [0.25, 0.3) is 32.7 Å². The maximum absolute atomic E-state index is 12.0. The van der Waals surface area contributed by atoms with Crippen molar-refractivity contribution in [2.75, 3.05) is 7.11 Å². The molecule has 4 aromatic carbocycles. The highest BCUT2D eigenvalue weighted by Gasteiger charge is 2.18. The fourth-order valence-electron chi connectivity index (χ4n) is 3.44. The number of aryl methyl sites for hydroxylation is 1. The van der Waals surface area contributed by atoms with E-state index in [0.29, 0.717) is 10.8 Å². The number of fused-ring (bicyclic) bond motifs is 2. The van der Waals surface area contributed by atoms with Gasteiger partial charge in [-0.3, -0.25) is 0 Å². The molecule has 0 N–H and O–H groups in total. The van der Waals surface area contributed by atoms with Gasteiger partial charge in [0.25, 0.3) is 0 Å². The van der Waals surface area contributed by atoms with Gasteiger partial charge in [0.15, 0.2) is 5.75 Å². The summed E-state index contributed by atoms with van der Waals surface area (Å²) < 4.78 is 10.4. The van der Waals surface area contributed by atoms with Crippen LogP contribution >= 0.6 is 11.6 Å². The van der Waals surface area contributed by atoms with Crippen LogP contribution in [0.4, 0.5) is 4.79 Å². The molecule has 4 aromatic rings. The lowest BCUT2D eigenvalue weighted by atomic mass is 9.91. The van der Waals surface area contributed by atoms with Crippen molar-refractivity contribution in [3.05, 3.63) is 77.3 Å². The van der Waals surface area contributed by atoms with Crippen molar-refractivity contribution < 1.29 is 14.3 Å². The lowest BCUT2D eigenvalue weighted by molar-refractivity contribution is 0.122. The van der Waals surface area contributed by atoms with E-state index in [-0.39, 0.29) is 0 Å². The summed E-state index contributed by atoms with van der Waals surface area (Å²) in [6.07, 6.45) is -0.740. The minimum Gasteiger partial charge on any atom is -0.437 e. The van der Waals surface area contributed by atoms with Gasteiger partial charge in [-0.1, -0.05) is 60.1 Å². The van der Waals surface area contributed by atoms with Gasteiger partial charge < -0.3 is 9.47 Å². The van der Waals surface area contributed by atoms with Crippen molar-refractivity contribution in [3.63, 3.8) is 0 Å². The van der Waals surface area contributed by atoms with E-state index in [1.54, 1.807) is 0 Å². The van der Waals surface area contributed by atoms with Crippen molar-refractivity contribution in [3.8, 4) is 16.9 Å². The second-order valence-electron chi connectivity index (χ2n) is 6.35. The first kappa shape index (κ1) is 17.4. The summed E-state index contributed by atoms with van der Waals surface area (Å²) >= 11 is 6.07. The third-order valence-corrected chi connectivity index (χ3v) is 4.93. The number of hydrogen-bond acceptors (Lipinski definition) is 3. The van der Waals surface area contributed by atoms with E-state index in [2.05, 4.69) is 12.1 Å². The molecule has 4 heteroatoms. The van der Waals surface area contributed by atoms with Crippen LogP contribution in [0, 0.1) is 6.92 Å². The first-order valence-corrected chi connectivity index (χ1v) is 8.93. The van der Waals surface area contributed by atoms with Crippen LogP contribution in [-0.4, -0.2) is 13.3 Å². The largest absolute Gasteiger partial charge is 0.513 e. The number of hydrogen-bond donors (Lipinski definition) is 0. The number of methoxy groups -OCH3 is 1. The Morgan fingerprint density at radius 1 is 0.926 bits per heavy atom. The van der Waals surface area contributed by atoms with Gasteiger partial charge in [-0.2, -0.15) is 0 Å². The Kier molecular flexibility index (Phi) is 4.46. The Balaban J connectivity index is 2.14. The van der Waals surface area contributed by atoms with E-state index in [1.807, 2.05) is 61.5 Å². The van der Waals surface area contributed by atoms with Gasteiger partial charge in [-0.25, -0.2) is 4.79 Å². The topological polar surface area (TPSA) is 35.5 Å². The molecule has 0 radical (unpaired) electrons. The van der Waals surface area contributed by atoms with Crippen LogP contribution in [0.5, 0.6) is 5.75 Å². The van der Waals surface area contributed by atoms with E-state index in [4.69, 9.17) is 21.1 Å². The standard InChI is InChI=1S/C23H17ClO3/c1-14-7-8-17-13-16-5-3-4-6-19(16)22(27-23(25)26-2)21(17)20(14)15-9-11-18(24)12-10-15/h3-13H,1-2H3. The van der Waals surface area contributed by atoms with Gasteiger partial charge in [-0.05, 0) is 52.6 Å². The van der Waals surface area contributed by atoms with Crippen molar-refractivity contribution >= 4 is 39.3 Å². The second-order valence-corrected chi connectivity index (χ2v) is 6.78. The van der Waals surface area contributed by atoms with Crippen LogP contribution in [0.2, 0.25) is 5.02 Å². The Morgan fingerprint density at radius 2 is 1.67 bits per heavy atom. The third-order valence-electron chi connectivity index (χ3n) is 4.67. The minimum atomic E-state index is -0.740. The molecule has 0 saturated heterocycles. The second kappa shape index (κ2) is 6.93. The van der Waals surface area contributed by atoms with Gasteiger partial charge in [0.2, 0.25) is 0 Å². The van der Waals surface area contributed by atoms with Crippen LogP contribution < -0.4 is 4.74 Å². The predicted molar refractivity (Wildman–Crippen MR) is 110 cm³/mol. The Hall–Kier alpha value is -3.04.